The van der Waals surface area contributed by atoms with Crippen molar-refractivity contribution in [2.45, 2.75) is 19.6 Å². The third-order valence-electron chi connectivity index (χ3n) is 2.62. The van der Waals surface area contributed by atoms with E-state index in [1.165, 1.54) is 0 Å². The molecule has 0 bridgehead atoms. The zero-order valence-corrected chi connectivity index (χ0v) is 10.8. The number of aryl methyl sites for hydroxylation is 1. The van der Waals surface area contributed by atoms with Crippen LogP contribution in [0.5, 0.6) is 0 Å². The largest absolute Gasteiger partial charge is 0.382 e. The molecule has 0 radical (unpaired) electrons. The zero-order valence-electron chi connectivity index (χ0n) is 9.27. The quantitative estimate of drug-likeness (QED) is 0.930. The van der Waals surface area contributed by atoms with Gasteiger partial charge in [-0.2, -0.15) is 0 Å². The van der Waals surface area contributed by atoms with E-state index >= 15 is 0 Å². The maximum absolute atomic E-state index is 10.2. The SMILES string of the molecule is CCn1cncc1C(O)c1ccc(Cl)c(Cl)c1. The zero-order chi connectivity index (χ0) is 12.4. The van der Waals surface area contributed by atoms with Crippen LogP contribution in [0.4, 0.5) is 0 Å². The highest BCUT2D eigenvalue weighted by atomic mass is 35.5. The van der Waals surface area contributed by atoms with Crippen molar-refractivity contribution in [3.8, 4) is 0 Å². The van der Waals surface area contributed by atoms with Crippen molar-refractivity contribution in [1.29, 1.82) is 0 Å². The van der Waals surface area contributed by atoms with Crippen molar-refractivity contribution in [2.75, 3.05) is 0 Å². The van der Waals surface area contributed by atoms with E-state index in [0.29, 0.717) is 15.6 Å². The molecule has 0 amide bonds. The van der Waals surface area contributed by atoms with Gasteiger partial charge < -0.3 is 9.67 Å². The molecule has 3 nitrogen and oxygen atoms in total. The molecule has 2 rings (SSSR count). The Balaban J connectivity index is 2.36. The predicted octanol–water partition coefficient (Wildman–Crippen LogP) is 3.29. The lowest BCUT2D eigenvalue weighted by Gasteiger charge is -2.13. The molecule has 0 aliphatic rings. The summed E-state index contributed by atoms with van der Waals surface area (Å²) < 4.78 is 1.88. The lowest BCUT2D eigenvalue weighted by atomic mass is 10.1. The summed E-state index contributed by atoms with van der Waals surface area (Å²) >= 11 is 11.8. The topological polar surface area (TPSA) is 38.0 Å². The number of hydrogen-bond acceptors (Lipinski definition) is 2. The van der Waals surface area contributed by atoms with Gasteiger partial charge in [-0.05, 0) is 24.6 Å². The minimum atomic E-state index is -0.743. The van der Waals surface area contributed by atoms with Gasteiger partial charge in [0.15, 0.2) is 0 Å². The van der Waals surface area contributed by atoms with Gasteiger partial charge >= 0.3 is 0 Å². The first kappa shape index (κ1) is 12.4. The Hall–Kier alpha value is -1.03. The summed E-state index contributed by atoms with van der Waals surface area (Å²) in [5.41, 5.74) is 1.44. The van der Waals surface area contributed by atoms with Gasteiger partial charge in [0.1, 0.15) is 6.10 Å². The van der Waals surface area contributed by atoms with Gasteiger partial charge in [0.25, 0.3) is 0 Å². The van der Waals surface area contributed by atoms with Crippen LogP contribution in [0.2, 0.25) is 10.0 Å². The molecule has 0 fully saturated rings. The second-order valence-electron chi connectivity index (χ2n) is 3.68. The average Bonchev–Trinajstić information content (AvgIpc) is 2.80. The number of aliphatic hydroxyl groups is 1. The molecule has 17 heavy (non-hydrogen) atoms. The van der Waals surface area contributed by atoms with Crippen LogP contribution in [0, 0.1) is 0 Å². The number of aromatic nitrogens is 2. The summed E-state index contributed by atoms with van der Waals surface area (Å²) in [5, 5.41) is 11.2. The first-order chi connectivity index (χ1) is 8.13. The van der Waals surface area contributed by atoms with Crippen molar-refractivity contribution < 1.29 is 5.11 Å². The normalized spacial score (nSPS) is 12.7. The third-order valence-corrected chi connectivity index (χ3v) is 3.36. The molecule has 1 aromatic carbocycles. The van der Waals surface area contributed by atoms with Crippen molar-refractivity contribution >= 4 is 23.2 Å². The molecule has 5 heteroatoms. The molecule has 90 valence electrons. The van der Waals surface area contributed by atoms with E-state index in [1.807, 2.05) is 11.5 Å². The Kier molecular flexibility index (Phi) is 3.72. The second kappa shape index (κ2) is 5.08. The van der Waals surface area contributed by atoms with Crippen LogP contribution in [0.1, 0.15) is 24.3 Å². The minimum absolute atomic E-state index is 0.436. The highest BCUT2D eigenvalue weighted by molar-refractivity contribution is 6.42. The van der Waals surface area contributed by atoms with Gasteiger partial charge in [0.2, 0.25) is 0 Å². The van der Waals surface area contributed by atoms with Crippen LogP contribution >= 0.6 is 23.2 Å². The number of rotatable bonds is 3. The maximum Gasteiger partial charge on any atom is 0.121 e. The van der Waals surface area contributed by atoms with E-state index in [-0.39, 0.29) is 0 Å². The Morgan fingerprint density at radius 1 is 1.35 bits per heavy atom. The van der Waals surface area contributed by atoms with Gasteiger partial charge in [0, 0.05) is 6.54 Å². The Morgan fingerprint density at radius 2 is 2.12 bits per heavy atom. The monoisotopic (exact) mass is 270 g/mol. The van der Waals surface area contributed by atoms with Crippen LogP contribution in [0.25, 0.3) is 0 Å². The second-order valence-corrected chi connectivity index (χ2v) is 4.50. The van der Waals surface area contributed by atoms with Crippen LogP contribution < -0.4 is 0 Å². The van der Waals surface area contributed by atoms with Crippen LogP contribution in [-0.4, -0.2) is 14.7 Å². The van der Waals surface area contributed by atoms with Gasteiger partial charge in [-0.25, -0.2) is 4.98 Å². The highest BCUT2D eigenvalue weighted by Crippen LogP contribution is 2.28. The van der Waals surface area contributed by atoms with E-state index in [0.717, 1.165) is 12.2 Å². The summed E-state index contributed by atoms with van der Waals surface area (Å²) in [7, 11) is 0. The summed E-state index contributed by atoms with van der Waals surface area (Å²) in [6.45, 7) is 2.75. The fraction of sp³-hybridized carbons (Fsp3) is 0.250. The first-order valence-electron chi connectivity index (χ1n) is 5.26. The Morgan fingerprint density at radius 3 is 2.76 bits per heavy atom. The molecule has 1 aromatic heterocycles. The molecule has 1 heterocycles. The Bertz CT molecular complexity index is 525. The Labute approximate surface area is 110 Å². The fourth-order valence-electron chi connectivity index (χ4n) is 1.68. The van der Waals surface area contributed by atoms with E-state index in [4.69, 9.17) is 23.2 Å². The molecule has 0 aliphatic heterocycles. The number of halogens is 2. The van der Waals surface area contributed by atoms with Crippen molar-refractivity contribution in [2.24, 2.45) is 0 Å². The maximum atomic E-state index is 10.2. The lowest BCUT2D eigenvalue weighted by Crippen LogP contribution is -2.07. The molecular weight excluding hydrogens is 259 g/mol. The summed E-state index contributed by atoms with van der Waals surface area (Å²) in [5.74, 6) is 0. The number of nitrogens with zero attached hydrogens (tertiary/aromatic N) is 2. The number of imidazole rings is 1. The number of benzene rings is 1. The fourth-order valence-corrected chi connectivity index (χ4v) is 1.98. The van der Waals surface area contributed by atoms with Gasteiger partial charge in [-0.3, -0.25) is 0 Å². The molecule has 1 N–H and O–H groups in total. The van der Waals surface area contributed by atoms with Crippen molar-refractivity contribution in [3.05, 3.63) is 52.0 Å². The van der Waals surface area contributed by atoms with Crippen LogP contribution in [0.15, 0.2) is 30.7 Å². The van der Waals surface area contributed by atoms with Crippen molar-refractivity contribution in [1.82, 2.24) is 9.55 Å². The molecule has 2 aromatic rings. The highest BCUT2D eigenvalue weighted by Gasteiger charge is 2.15. The molecular formula is C12H12Cl2N2O. The lowest BCUT2D eigenvalue weighted by molar-refractivity contribution is 0.210. The minimum Gasteiger partial charge on any atom is -0.382 e. The average molecular weight is 271 g/mol. The van der Waals surface area contributed by atoms with Crippen LogP contribution in [-0.2, 0) is 6.54 Å². The third kappa shape index (κ3) is 2.46. The van der Waals surface area contributed by atoms with E-state index in [1.54, 1.807) is 30.7 Å². The van der Waals surface area contributed by atoms with E-state index in [9.17, 15) is 5.11 Å². The molecule has 1 atom stereocenters. The van der Waals surface area contributed by atoms with E-state index in [2.05, 4.69) is 4.98 Å². The summed E-state index contributed by atoms with van der Waals surface area (Å²) in [6.07, 6.45) is 2.60. The summed E-state index contributed by atoms with van der Waals surface area (Å²) in [4.78, 5) is 4.02. The molecule has 0 aliphatic carbocycles. The van der Waals surface area contributed by atoms with Gasteiger partial charge in [0.05, 0.1) is 28.3 Å². The van der Waals surface area contributed by atoms with Crippen molar-refractivity contribution in [3.63, 3.8) is 0 Å². The van der Waals surface area contributed by atoms with Gasteiger partial charge in [-0.15, -0.1) is 0 Å². The molecule has 0 saturated heterocycles. The van der Waals surface area contributed by atoms with E-state index < -0.39 is 6.10 Å². The van der Waals surface area contributed by atoms with Gasteiger partial charge in [-0.1, -0.05) is 29.3 Å². The predicted molar refractivity (Wildman–Crippen MR) is 68.4 cm³/mol. The standard InChI is InChI=1S/C12H12Cl2N2O/c1-2-16-7-15-6-11(16)12(17)8-3-4-9(13)10(14)5-8/h3-7,12,17H,2H2,1H3. The smallest absolute Gasteiger partial charge is 0.121 e. The first-order valence-corrected chi connectivity index (χ1v) is 6.02. The number of aliphatic hydroxyl groups excluding tert-OH is 1. The molecule has 0 spiro atoms. The van der Waals surface area contributed by atoms with Crippen LogP contribution in [0.3, 0.4) is 0 Å². The number of hydrogen-bond donors (Lipinski definition) is 1. The molecule has 1 unspecified atom stereocenters. The molecule has 0 saturated carbocycles. The summed E-state index contributed by atoms with van der Waals surface area (Å²) in [6, 6.07) is 5.10.